The van der Waals surface area contributed by atoms with E-state index >= 15 is 0 Å². The molecule has 2 aliphatic rings. The summed E-state index contributed by atoms with van der Waals surface area (Å²) in [5, 5.41) is 10.2. The van der Waals surface area contributed by atoms with Gasteiger partial charge in [-0.25, -0.2) is 0 Å². The maximum Gasteiger partial charge on any atom is 0.303 e. The third-order valence-electron chi connectivity index (χ3n) is 7.13. The van der Waals surface area contributed by atoms with Crippen LogP contribution in [-0.2, 0) is 55.0 Å². The second-order valence-corrected chi connectivity index (χ2v) is 11.0. The molecule has 0 saturated carbocycles. The minimum Gasteiger partial charge on any atom is -0.508 e. The topological polar surface area (TPSA) is 127 Å². The van der Waals surface area contributed by atoms with Crippen molar-refractivity contribution in [1.29, 1.82) is 0 Å². The second kappa shape index (κ2) is 12.0. The van der Waals surface area contributed by atoms with Gasteiger partial charge in [-0.1, -0.05) is 29.8 Å². The molecule has 4 rings (SSSR count). The van der Waals surface area contributed by atoms with Gasteiger partial charge < -0.3 is 33.5 Å². The lowest BCUT2D eigenvalue weighted by atomic mass is 9.80. The van der Waals surface area contributed by atoms with Gasteiger partial charge >= 0.3 is 17.9 Å². The fourth-order valence-electron chi connectivity index (χ4n) is 5.46. The summed E-state index contributed by atoms with van der Waals surface area (Å²) in [5.74, 6) is -3.39. The molecule has 2 saturated heterocycles. The van der Waals surface area contributed by atoms with Gasteiger partial charge in [-0.3, -0.25) is 14.4 Å². The molecule has 222 valence electrons. The Bertz CT molecular complexity index is 1290. The predicted molar refractivity (Wildman–Crippen MR) is 146 cm³/mol. The smallest absolute Gasteiger partial charge is 0.303 e. The molecule has 2 bridgehead atoms. The van der Waals surface area contributed by atoms with Crippen LogP contribution >= 0.6 is 11.6 Å². The van der Waals surface area contributed by atoms with E-state index in [9.17, 15) is 19.5 Å². The number of phenolic OH excluding ortho intramolecular Hbond substituents is 1. The van der Waals surface area contributed by atoms with Crippen molar-refractivity contribution in [3.63, 3.8) is 0 Å². The van der Waals surface area contributed by atoms with Gasteiger partial charge in [0.2, 0.25) is 5.79 Å². The van der Waals surface area contributed by atoms with Crippen LogP contribution in [-0.4, -0.2) is 65.7 Å². The van der Waals surface area contributed by atoms with Crippen LogP contribution in [0.3, 0.4) is 0 Å². The number of hydrogen-bond acceptors (Lipinski definition) is 10. The summed E-state index contributed by atoms with van der Waals surface area (Å²) in [7, 11) is 0. The van der Waals surface area contributed by atoms with E-state index in [4.69, 9.17) is 40.0 Å². The van der Waals surface area contributed by atoms with Crippen molar-refractivity contribution in [3.8, 4) is 5.75 Å². The number of benzene rings is 2. The number of aromatic hydroxyl groups is 1. The van der Waals surface area contributed by atoms with Crippen molar-refractivity contribution in [2.45, 2.75) is 89.9 Å². The van der Waals surface area contributed by atoms with Gasteiger partial charge in [0.15, 0.2) is 23.9 Å². The normalized spacial score (nSPS) is 27.8. The molecule has 6 atom stereocenters. The molecule has 0 radical (unpaired) electrons. The highest BCUT2D eigenvalue weighted by Crippen LogP contribution is 2.54. The van der Waals surface area contributed by atoms with E-state index in [1.54, 1.807) is 57.2 Å². The molecule has 2 aliphatic heterocycles. The van der Waals surface area contributed by atoms with Gasteiger partial charge in [-0.15, -0.1) is 0 Å². The Morgan fingerprint density at radius 3 is 2.22 bits per heavy atom. The first-order valence-corrected chi connectivity index (χ1v) is 13.7. The first kappa shape index (κ1) is 30.8. The summed E-state index contributed by atoms with van der Waals surface area (Å²) in [6, 6.07) is 12.0. The van der Waals surface area contributed by atoms with Gasteiger partial charge in [0.25, 0.3) is 0 Å². The minimum absolute atomic E-state index is 0.146. The number of phenols is 1. The predicted octanol–water partition coefficient (Wildman–Crippen LogP) is 4.20. The van der Waals surface area contributed by atoms with Gasteiger partial charge in [0.05, 0.1) is 12.7 Å². The van der Waals surface area contributed by atoms with Crippen LogP contribution < -0.4 is 0 Å². The van der Waals surface area contributed by atoms with E-state index in [0.29, 0.717) is 17.0 Å². The van der Waals surface area contributed by atoms with Crippen LogP contribution in [0.2, 0.25) is 5.02 Å². The van der Waals surface area contributed by atoms with Crippen LogP contribution in [0.4, 0.5) is 0 Å². The lowest BCUT2D eigenvalue weighted by molar-refractivity contribution is -0.351. The number of halogens is 1. The Morgan fingerprint density at radius 2 is 1.63 bits per heavy atom. The molecule has 2 aromatic rings. The van der Waals surface area contributed by atoms with Crippen molar-refractivity contribution in [3.05, 3.63) is 64.2 Å². The highest BCUT2D eigenvalue weighted by molar-refractivity contribution is 6.31. The molecule has 0 aliphatic carbocycles. The number of esters is 3. The molecule has 2 heterocycles. The fraction of sp³-hybridized carbons (Fsp3) is 0.500. The maximum atomic E-state index is 12.4. The summed E-state index contributed by atoms with van der Waals surface area (Å²) in [4.78, 5) is 36.8. The van der Waals surface area contributed by atoms with Crippen LogP contribution in [0, 0.1) is 0 Å². The molecule has 1 N–H and O–H groups in total. The molecule has 2 aromatic carbocycles. The van der Waals surface area contributed by atoms with E-state index in [-0.39, 0.29) is 18.5 Å². The fourth-order valence-corrected chi connectivity index (χ4v) is 5.65. The summed E-state index contributed by atoms with van der Waals surface area (Å²) in [5.41, 5.74) is 0.593. The van der Waals surface area contributed by atoms with E-state index in [0.717, 1.165) is 11.1 Å². The van der Waals surface area contributed by atoms with Gasteiger partial charge in [0.1, 0.15) is 11.9 Å². The van der Waals surface area contributed by atoms with E-state index in [1.807, 2.05) is 6.07 Å². The minimum atomic E-state index is -1.66. The van der Waals surface area contributed by atoms with Crippen molar-refractivity contribution in [2.75, 3.05) is 6.61 Å². The lowest BCUT2D eigenvalue weighted by Crippen LogP contribution is -2.70. The molecule has 2 fully saturated rings. The molecule has 0 amide bonds. The van der Waals surface area contributed by atoms with Gasteiger partial charge in [-0.05, 0) is 62.6 Å². The number of rotatable bonds is 9. The van der Waals surface area contributed by atoms with E-state index in [1.165, 1.54) is 20.8 Å². The molecule has 1 unspecified atom stereocenters. The first-order valence-electron chi connectivity index (χ1n) is 13.4. The van der Waals surface area contributed by atoms with Crippen molar-refractivity contribution in [2.24, 2.45) is 0 Å². The number of carbonyl (C=O) groups is 3. The van der Waals surface area contributed by atoms with Crippen molar-refractivity contribution < 1.29 is 47.9 Å². The summed E-state index contributed by atoms with van der Waals surface area (Å²) in [6.45, 7) is 8.74. The Labute approximate surface area is 243 Å². The van der Waals surface area contributed by atoms with E-state index in [2.05, 4.69) is 0 Å². The third-order valence-corrected chi connectivity index (χ3v) is 7.50. The van der Waals surface area contributed by atoms with Crippen molar-refractivity contribution in [1.82, 2.24) is 0 Å². The average Bonchev–Trinajstić information content (AvgIpc) is 3.25. The summed E-state index contributed by atoms with van der Waals surface area (Å²) in [6.07, 6.45) is -4.46. The molecular formula is C30H35ClO10. The second-order valence-electron chi connectivity index (χ2n) is 10.6. The summed E-state index contributed by atoms with van der Waals surface area (Å²) >= 11 is 6.60. The number of ether oxygens (including phenoxy) is 6. The molecule has 11 heteroatoms. The largest absolute Gasteiger partial charge is 0.508 e. The van der Waals surface area contributed by atoms with Crippen LogP contribution in [0.25, 0.3) is 0 Å². The maximum absolute atomic E-state index is 12.4. The van der Waals surface area contributed by atoms with Gasteiger partial charge in [0, 0.05) is 31.4 Å². The Kier molecular flexibility index (Phi) is 8.98. The molecule has 10 nitrogen and oxygen atoms in total. The number of fused-ring (bicyclic) bond motifs is 2. The number of carbonyl (C=O) groups excluding carboxylic acids is 3. The zero-order valence-corrected chi connectivity index (χ0v) is 24.6. The third kappa shape index (κ3) is 6.21. The molecule has 0 aromatic heterocycles. The van der Waals surface area contributed by atoms with Crippen molar-refractivity contribution >= 4 is 29.5 Å². The lowest BCUT2D eigenvalue weighted by Gasteiger charge is -2.51. The zero-order valence-electron chi connectivity index (χ0n) is 23.8. The first-order chi connectivity index (χ1) is 19.3. The van der Waals surface area contributed by atoms with Gasteiger partial charge in [-0.2, -0.15) is 0 Å². The Morgan fingerprint density at radius 1 is 0.976 bits per heavy atom. The standard InChI is InChI=1S/C30H35ClO10/c1-16(2)37-28-26(39-19(5)33)27(40-20(6)34)29(17(3)38-18(4)32)15-36-30(28,41-29)23-9-12-25(31)22(14-23)13-21-7-10-24(35)11-8-21/h7-12,14,16-17,26-28,35H,13,15H2,1-6H3/t17?,26-,27-,28+,29+,30-/m0/s1. The zero-order chi connectivity index (χ0) is 30.1. The monoisotopic (exact) mass is 590 g/mol. The molecule has 0 spiro atoms. The average molecular weight is 591 g/mol. The highest BCUT2D eigenvalue weighted by Gasteiger charge is 2.73. The Balaban J connectivity index is 1.89. The Hall–Kier alpha value is -3.18. The quantitative estimate of drug-likeness (QED) is 0.335. The summed E-state index contributed by atoms with van der Waals surface area (Å²) < 4.78 is 36.6. The number of hydrogen-bond donors (Lipinski definition) is 1. The SMILES string of the molecule is CC(=O)OC(C)[C@@]12CO[C@@](c3ccc(Cl)c(Cc4ccc(O)cc4)c3)(O1)[C@H](OC(C)C)[C@@H](OC(C)=O)[C@@H]2OC(C)=O. The van der Waals surface area contributed by atoms with Crippen LogP contribution in [0.5, 0.6) is 5.75 Å². The van der Waals surface area contributed by atoms with E-state index < -0.39 is 53.7 Å². The highest BCUT2D eigenvalue weighted by atomic mass is 35.5. The molecular weight excluding hydrogens is 556 g/mol. The molecule has 41 heavy (non-hydrogen) atoms. The van der Waals surface area contributed by atoms with Crippen LogP contribution in [0.15, 0.2) is 42.5 Å². The van der Waals surface area contributed by atoms with Crippen LogP contribution in [0.1, 0.15) is 58.2 Å².